The fraction of sp³-hybridized carbons (Fsp3) is 0.833. The highest BCUT2D eigenvalue weighted by atomic mass is 16.2. The summed E-state index contributed by atoms with van der Waals surface area (Å²) in [6.07, 6.45) is 2.79. The second kappa shape index (κ2) is 6.59. The van der Waals surface area contributed by atoms with Crippen molar-refractivity contribution in [3.8, 4) is 0 Å². The van der Waals surface area contributed by atoms with E-state index in [0.29, 0.717) is 13.1 Å². The molecule has 5 heteroatoms. The molecule has 0 bridgehead atoms. The molecule has 0 spiro atoms. The van der Waals surface area contributed by atoms with Gasteiger partial charge in [0.05, 0.1) is 12.0 Å². The molecular formula is C12H23N3O2. The van der Waals surface area contributed by atoms with Crippen LogP contribution in [0.4, 0.5) is 0 Å². The Bertz CT molecular complexity index is 273. The van der Waals surface area contributed by atoms with Gasteiger partial charge in [0.2, 0.25) is 11.8 Å². The normalized spacial score (nSPS) is 24.1. The topological polar surface area (TPSA) is 70.2 Å². The van der Waals surface area contributed by atoms with Crippen molar-refractivity contribution in [2.45, 2.75) is 33.1 Å². The third kappa shape index (κ3) is 4.34. The number of carbonyl (C=O) groups excluding carboxylic acids is 2. The molecule has 98 valence electrons. The van der Waals surface area contributed by atoms with Gasteiger partial charge in [-0.3, -0.25) is 9.59 Å². The fourth-order valence-corrected chi connectivity index (χ4v) is 1.95. The summed E-state index contributed by atoms with van der Waals surface area (Å²) in [6, 6.07) is 0. The van der Waals surface area contributed by atoms with Gasteiger partial charge in [-0.2, -0.15) is 0 Å². The molecule has 0 radical (unpaired) electrons. The second-order valence-corrected chi connectivity index (χ2v) is 4.87. The van der Waals surface area contributed by atoms with E-state index in [9.17, 15) is 9.59 Å². The molecule has 2 amide bonds. The highest BCUT2D eigenvalue weighted by molar-refractivity contribution is 5.87. The molecule has 1 saturated heterocycles. The minimum Gasteiger partial charge on any atom is -0.355 e. The number of piperidine rings is 1. The van der Waals surface area contributed by atoms with E-state index in [2.05, 4.69) is 16.0 Å². The van der Waals surface area contributed by atoms with Crippen LogP contribution < -0.4 is 16.0 Å². The molecule has 0 aliphatic carbocycles. The average Bonchev–Trinajstić information content (AvgIpc) is 2.34. The van der Waals surface area contributed by atoms with Crippen LogP contribution in [0.5, 0.6) is 0 Å². The number of hydrogen-bond acceptors (Lipinski definition) is 3. The van der Waals surface area contributed by atoms with Crippen LogP contribution >= 0.6 is 0 Å². The van der Waals surface area contributed by atoms with E-state index in [1.54, 1.807) is 0 Å². The van der Waals surface area contributed by atoms with Crippen molar-refractivity contribution in [3.63, 3.8) is 0 Å². The predicted molar refractivity (Wildman–Crippen MR) is 66.5 cm³/mol. The third-order valence-corrected chi connectivity index (χ3v) is 3.13. The van der Waals surface area contributed by atoms with Crippen LogP contribution in [0.25, 0.3) is 0 Å². The Kier molecular flexibility index (Phi) is 5.41. The summed E-state index contributed by atoms with van der Waals surface area (Å²) in [5.41, 5.74) is -0.372. The van der Waals surface area contributed by atoms with E-state index in [1.165, 1.54) is 0 Å². The Morgan fingerprint density at radius 1 is 1.35 bits per heavy atom. The van der Waals surface area contributed by atoms with E-state index in [-0.39, 0.29) is 23.8 Å². The minimum absolute atomic E-state index is 0.0312. The van der Waals surface area contributed by atoms with Crippen molar-refractivity contribution in [1.82, 2.24) is 16.0 Å². The van der Waals surface area contributed by atoms with E-state index < -0.39 is 0 Å². The number of hydrogen-bond donors (Lipinski definition) is 3. The fourth-order valence-electron chi connectivity index (χ4n) is 1.95. The Morgan fingerprint density at radius 3 is 2.71 bits per heavy atom. The summed E-state index contributed by atoms with van der Waals surface area (Å²) in [5.74, 6) is -0.149. The average molecular weight is 241 g/mol. The maximum absolute atomic E-state index is 12.0. The van der Waals surface area contributed by atoms with Gasteiger partial charge >= 0.3 is 0 Å². The summed E-state index contributed by atoms with van der Waals surface area (Å²) in [4.78, 5) is 23.3. The molecule has 1 atom stereocenters. The zero-order chi connectivity index (χ0) is 12.7. The number of nitrogens with one attached hydrogen (secondary N) is 3. The van der Waals surface area contributed by atoms with E-state index in [0.717, 1.165) is 25.8 Å². The van der Waals surface area contributed by atoms with Gasteiger partial charge in [-0.25, -0.2) is 0 Å². The van der Waals surface area contributed by atoms with Gasteiger partial charge in [0.15, 0.2) is 0 Å². The van der Waals surface area contributed by atoms with Crippen molar-refractivity contribution in [3.05, 3.63) is 0 Å². The van der Waals surface area contributed by atoms with Gasteiger partial charge in [0, 0.05) is 13.1 Å². The standard InChI is InChI=1S/C12H23N3O2/c1-3-6-14-10(16)8-15-11(17)12(2)5-4-7-13-9-12/h13H,3-9H2,1-2H3,(H,14,16)(H,15,17). The molecular weight excluding hydrogens is 218 g/mol. The Balaban J connectivity index is 2.30. The molecule has 17 heavy (non-hydrogen) atoms. The van der Waals surface area contributed by atoms with Gasteiger partial charge < -0.3 is 16.0 Å². The molecule has 3 N–H and O–H groups in total. The summed E-state index contributed by atoms with van der Waals surface area (Å²) < 4.78 is 0. The zero-order valence-corrected chi connectivity index (χ0v) is 10.8. The van der Waals surface area contributed by atoms with Crippen molar-refractivity contribution < 1.29 is 9.59 Å². The van der Waals surface area contributed by atoms with Gasteiger partial charge in [-0.15, -0.1) is 0 Å². The summed E-state index contributed by atoms with van der Waals surface area (Å²) in [6.45, 7) is 6.34. The van der Waals surface area contributed by atoms with Crippen molar-refractivity contribution in [1.29, 1.82) is 0 Å². The Labute approximate surface area is 103 Å². The monoisotopic (exact) mass is 241 g/mol. The lowest BCUT2D eigenvalue weighted by molar-refractivity contribution is -0.133. The lowest BCUT2D eigenvalue weighted by Crippen LogP contribution is -2.50. The highest BCUT2D eigenvalue weighted by Crippen LogP contribution is 2.25. The van der Waals surface area contributed by atoms with Crippen LogP contribution in [0, 0.1) is 5.41 Å². The van der Waals surface area contributed by atoms with Crippen LogP contribution in [0.1, 0.15) is 33.1 Å². The summed E-state index contributed by atoms with van der Waals surface area (Å²) in [5, 5.41) is 8.66. The SMILES string of the molecule is CCCNC(=O)CNC(=O)C1(C)CCCNC1. The largest absolute Gasteiger partial charge is 0.355 e. The van der Waals surface area contributed by atoms with Gasteiger partial charge in [0.25, 0.3) is 0 Å². The molecule has 0 saturated carbocycles. The predicted octanol–water partition coefficient (Wildman–Crippen LogP) is 0.0185. The van der Waals surface area contributed by atoms with Gasteiger partial charge in [-0.1, -0.05) is 6.92 Å². The second-order valence-electron chi connectivity index (χ2n) is 4.87. The minimum atomic E-state index is -0.372. The smallest absolute Gasteiger partial charge is 0.239 e. The van der Waals surface area contributed by atoms with Crippen LogP contribution in [0.15, 0.2) is 0 Å². The molecule has 0 aromatic heterocycles. The quantitative estimate of drug-likeness (QED) is 0.635. The first-order chi connectivity index (χ1) is 8.08. The van der Waals surface area contributed by atoms with E-state index >= 15 is 0 Å². The Hall–Kier alpha value is -1.10. The zero-order valence-electron chi connectivity index (χ0n) is 10.8. The molecule has 1 fully saturated rings. The third-order valence-electron chi connectivity index (χ3n) is 3.13. The van der Waals surface area contributed by atoms with E-state index in [1.807, 2.05) is 13.8 Å². The summed E-state index contributed by atoms with van der Waals surface area (Å²) >= 11 is 0. The molecule has 0 aromatic rings. The van der Waals surface area contributed by atoms with Gasteiger partial charge in [0.1, 0.15) is 0 Å². The maximum Gasteiger partial charge on any atom is 0.239 e. The van der Waals surface area contributed by atoms with Crippen LogP contribution in [-0.4, -0.2) is 38.0 Å². The molecule has 1 unspecified atom stereocenters. The highest BCUT2D eigenvalue weighted by Gasteiger charge is 2.34. The van der Waals surface area contributed by atoms with Crippen molar-refractivity contribution in [2.75, 3.05) is 26.2 Å². The molecule has 0 aromatic carbocycles. The number of rotatable bonds is 5. The van der Waals surface area contributed by atoms with E-state index in [4.69, 9.17) is 0 Å². The maximum atomic E-state index is 12.0. The molecule has 1 heterocycles. The molecule has 1 rings (SSSR count). The lowest BCUT2D eigenvalue weighted by Gasteiger charge is -2.32. The Morgan fingerprint density at radius 2 is 2.12 bits per heavy atom. The first kappa shape index (κ1) is 14.0. The number of amides is 2. The molecule has 1 aliphatic heterocycles. The van der Waals surface area contributed by atoms with Crippen LogP contribution in [0.2, 0.25) is 0 Å². The van der Waals surface area contributed by atoms with Gasteiger partial charge in [-0.05, 0) is 32.7 Å². The lowest BCUT2D eigenvalue weighted by atomic mass is 9.82. The van der Waals surface area contributed by atoms with Crippen molar-refractivity contribution >= 4 is 11.8 Å². The van der Waals surface area contributed by atoms with Crippen LogP contribution in [0.3, 0.4) is 0 Å². The molecule has 1 aliphatic rings. The number of carbonyl (C=O) groups is 2. The molecule has 5 nitrogen and oxygen atoms in total. The van der Waals surface area contributed by atoms with Crippen molar-refractivity contribution in [2.24, 2.45) is 5.41 Å². The first-order valence-corrected chi connectivity index (χ1v) is 6.34. The first-order valence-electron chi connectivity index (χ1n) is 6.34. The van der Waals surface area contributed by atoms with Crippen LogP contribution in [-0.2, 0) is 9.59 Å². The summed E-state index contributed by atoms with van der Waals surface area (Å²) in [7, 11) is 0.